The molecule has 1 aromatic heterocycles. The lowest BCUT2D eigenvalue weighted by atomic mass is 10.1. The van der Waals surface area contributed by atoms with Crippen molar-refractivity contribution in [2.75, 3.05) is 0 Å². The van der Waals surface area contributed by atoms with Gasteiger partial charge in [0.25, 0.3) is 0 Å². The first-order valence-electron chi connectivity index (χ1n) is 6.12. The quantitative estimate of drug-likeness (QED) is 0.875. The summed E-state index contributed by atoms with van der Waals surface area (Å²) in [6.45, 7) is 2.79. The van der Waals surface area contributed by atoms with Crippen molar-refractivity contribution in [2.45, 2.75) is 26.3 Å². The highest BCUT2D eigenvalue weighted by atomic mass is 16.4. The second-order valence-electron chi connectivity index (χ2n) is 4.37. The fourth-order valence-corrected chi connectivity index (χ4v) is 2.12. The normalized spacial score (nSPS) is 10.5. The molecule has 0 radical (unpaired) electrons. The lowest BCUT2D eigenvalue weighted by Gasteiger charge is -2.11. The van der Waals surface area contributed by atoms with E-state index in [1.165, 1.54) is 11.3 Å². The van der Waals surface area contributed by atoms with Crippen LogP contribution < -0.4 is 0 Å². The van der Waals surface area contributed by atoms with Gasteiger partial charge in [0.2, 0.25) is 0 Å². The van der Waals surface area contributed by atoms with E-state index in [0.717, 1.165) is 12.2 Å². The van der Waals surface area contributed by atoms with Crippen LogP contribution in [0.5, 0.6) is 0 Å². The molecule has 18 heavy (non-hydrogen) atoms. The van der Waals surface area contributed by atoms with E-state index in [4.69, 9.17) is 5.11 Å². The van der Waals surface area contributed by atoms with E-state index in [-0.39, 0.29) is 6.42 Å². The molecule has 0 bridgehead atoms. The van der Waals surface area contributed by atoms with Gasteiger partial charge < -0.3 is 9.67 Å². The Morgan fingerprint density at radius 3 is 2.56 bits per heavy atom. The zero-order chi connectivity index (χ0) is 13.0. The van der Waals surface area contributed by atoms with E-state index in [2.05, 4.69) is 28.8 Å². The molecule has 94 valence electrons. The van der Waals surface area contributed by atoms with Crippen LogP contribution in [0.15, 0.2) is 42.5 Å². The summed E-state index contributed by atoms with van der Waals surface area (Å²) < 4.78 is 2.18. The highest BCUT2D eigenvalue weighted by Gasteiger charge is 2.07. The SMILES string of the molecule is Cc1ccc(-c2ccccc2)n1CCCC(=O)O. The van der Waals surface area contributed by atoms with Crippen LogP contribution in [-0.4, -0.2) is 15.6 Å². The van der Waals surface area contributed by atoms with Crippen molar-refractivity contribution in [3.05, 3.63) is 48.2 Å². The maximum atomic E-state index is 10.6. The molecule has 1 N–H and O–H groups in total. The topological polar surface area (TPSA) is 42.2 Å². The van der Waals surface area contributed by atoms with Crippen LogP contribution in [-0.2, 0) is 11.3 Å². The average molecular weight is 243 g/mol. The summed E-state index contributed by atoms with van der Waals surface area (Å²) in [4.78, 5) is 10.6. The number of benzene rings is 1. The number of hydrogen-bond acceptors (Lipinski definition) is 1. The van der Waals surface area contributed by atoms with Crippen LogP contribution in [0.4, 0.5) is 0 Å². The van der Waals surface area contributed by atoms with E-state index < -0.39 is 5.97 Å². The van der Waals surface area contributed by atoms with Crippen LogP contribution in [0.3, 0.4) is 0 Å². The minimum Gasteiger partial charge on any atom is -0.481 e. The monoisotopic (exact) mass is 243 g/mol. The number of aliphatic carboxylic acids is 1. The highest BCUT2D eigenvalue weighted by Crippen LogP contribution is 2.22. The first-order valence-corrected chi connectivity index (χ1v) is 6.12. The molecule has 1 aromatic carbocycles. The number of rotatable bonds is 5. The average Bonchev–Trinajstić information content (AvgIpc) is 2.72. The Labute approximate surface area is 107 Å². The third kappa shape index (κ3) is 2.80. The maximum Gasteiger partial charge on any atom is 0.303 e. The summed E-state index contributed by atoms with van der Waals surface area (Å²) in [5.41, 5.74) is 3.48. The third-order valence-electron chi connectivity index (χ3n) is 3.04. The fraction of sp³-hybridized carbons (Fsp3) is 0.267. The summed E-state index contributed by atoms with van der Waals surface area (Å²) in [6, 6.07) is 14.3. The number of carboxylic acids is 1. The van der Waals surface area contributed by atoms with Crippen LogP contribution in [0.25, 0.3) is 11.3 Å². The van der Waals surface area contributed by atoms with Gasteiger partial charge in [0, 0.05) is 24.4 Å². The molecule has 2 rings (SSSR count). The van der Waals surface area contributed by atoms with E-state index in [0.29, 0.717) is 6.42 Å². The summed E-state index contributed by atoms with van der Waals surface area (Å²) in [5.74, 6) is -0.735. The number of aromatic nitrogens is 1. The minimum atomic E-state index is -0.735. The zero-order valence-electron chi connectivity index (χ0n) is 10.5. The second-order valence-corrected chi connectivity index (χ2v) is 4.37. The van der Waals surface area contributed by atoms with Crippen molar-refractivity contribution in [3.63, 3.8) is 0 Å². The molecule has 1 heterocycles. The van der Waals surface area contributed by atoms with E-state index in [9.17, 15) is 4.79 Å². The summed E-state index contributed by atoms with van der Waals surface area (Å²) in [6.07, 6.45) is 0.872. The Hall–Kier alpha value is -2.03. The van der Waals surface area contributed by atoms with Crippen LogP contribution in [0, 0.1) is 6.92 Å². The van der Waals surface area contributed by atoms with Crippen molar-refractivity contribution in [3.8, 4) is 11.3 Å². The molecule has 0 atom stereocenters. The molecule has 0 unspecified atom stereocenters. The molecular formula is C15H17NO2. The third-order valence-corrected chi connectivity index (χ3v) is 3.04. The molecular weight excluding hydrogens is 226 g/mol. The predicted octanol–water partition coefficient (Wildman–Crippen LogP) is 3.33. The zero-order valence-corrected chi connectivity index (χ0v) is 10.5. The number of hydrogen-bond donors (Lipinski definition) is 1. The first-order chi connectivity index (χ1) is 8.68. The van der Waals surface area contributed by atoms with Gasteiger partial charge in [-0.25, -0.2) is 0 Å². The Bertz CT molecular complexity index is 529. The highest BCUT2D eigenvalue weighted by molar-refractivity contribution is 5.66. The van der Waals surface area contributed by atoms with Crippen LogP contribution >= 0.6 is 0 Å². The predicted molar refractivity (Wildman–Crippen MR) is 71.5 cm³/mol. The molecule has 0 saturated heterocycles. The van der Waals surface area contributed by atoms with Gasteiger partial charge in [0.15, 0.2) is 0 Å². The van der Waals surface area contributed by atoms with Crippen molar-refractivity contribution in [1.82, 2.24) is 4.57 Å². The van der Waals surface area contributed by atoms with Gasteiger partial charge in [0.1, 0.15) is 0 Å². The lowest BCUT2D eigenvalue weighted by molar-refractivity contribution is -0.137. The van der Waals surface area contributed by atoms with Gasteiger partial charge >= 0.3 is 5.97 Å². The van der Waals surface area contributed by atoms with Crippen LogP contribution in [0.2, 0.25) is 0 Å². The molecule has 0 aliphatic heterocycles. The van der Waals surface area contributed by atoms with Crippen molar-refractivity contribution < 1.29 is 9.90 Å². The Morgan fingerprint density at radius 1 is 1.17 bits per heavy atom. The van der Waals surface area contributed by atoms with Gasteiger partial charge in [-0.15, -0.1) is 0 Å². The molecule has 0 fully saturated rings. The molecule has 3 nitrogen and oxygen atoms in total. The standard InChI is InChI=1S/C15H17NO2/c1-12-9-10-14(13-6-3-2-4-7-13)16(12)11-5-8-15(17)18/h2-4,6-7,9-10H,5,8,11H2,1H3,(H,17,18). The first kappa shape index (κ1) is 12.4. The maximum absolute atomic E-state index is 10.6. The number of aryl methyl sites for hydroxylation is 1. The molecule has 0 aliphatic rings. The Morgan fingerprint density at radius 2 is 1.89 bits per heavy atom. The molecule has 0 spiro atoms. The fourth-order valence-electron chi connectivity index (χ4n) is 2.12. The van der Waals surface area contributed by atoms with Crippen molar-refractivity contribution in [1.29, 1.82) is 0 Å². The largest absolute Gasteiger partial charge is 0.481 e. The smallest absolute Gasteiger partial charge is 0.303 e. The van der Waals surface area contributed by atoms with Gasteiger partial charge in [-0.3, -0.25) is 4.79 Å². The number of nitrogens with zero attached hydrogens (tertiary/aromatic N) is 1. The summed E-state index contributed by atoms with van der Waals surface area (Å²) in [7, 11) is 0. The van der Waals surface area contributed by atoms with Crippen LogP contribution in [0.1, 0.15) is 18.5 Å². The number of carboxylic acid groups (broad SMARTS) is 1. The van der Waals surface area contributed by atoms with Gasteiger partial charge in [0.05, 0.1) is 0 Å². The summed E-state index contributed by atoms with van der Waals surface area (Å²) >= 11 is 0. The second kappa shape index (κ2) is 5.54. The van der Waals surface area contributed by atoms with Crippen molar-refractivity contribution >= 4 is 5.97 Å². The molecule has 0 amide bonds. The van der Waals surface area contributed by atoms with Gasteiger partial charge in [-0.1, -0.05) is 30.3 Å². The van der Waals surface area contributed by atoms with Gasteiger partial charge in [-0.05, 0) is 31.0 Å². The molecule has 0 saturated carbocycles. The molecule has 3 heteroatoms. The molecule has 2 aromatic rings. The van der Waals surface area contributed by atoms with E-state index in [1.54, 1.807) is 0 Å². The van der Waals surface area contributed by atoms with E-state index in [1.807, 2.05) is 25.1 Å². The number of carbonyl (C=O) groups is 1. The van der Waals surface area contributed by atoms with Crippen molar-refractivity contribution in [2.24, 2.45) is 0 Å². The Balaban J connectivity index is 2.20. The van der Waals surface area contributed by atoms with Gasteiger partial charge in [-0.2, -0.15) is 0 Å². The Kier molecular flexibility index (Phi) is 3.82. The summed E-state index contributed by atoms with van der Waals surface area (Å²) in [5, 5.41) is 8.69. The minimum absolute atomic E-state index is 0.214. The molecule has 0 aliphatic carbocycles. The van der Waals surface area contributed by atoms with E-state index >= 15 is 0 Å². The lowest BCUT2D eigenvalue weighted by Crippen LogP contribution is -2.04.